The van der Waals surface area contributed by atoms with Gasteiger partial charge in [0.05, 0.1) is 0 Å². The van der Waals surface area contributed by atoms with Crippen LogP contribution in [-0.4, -0.2) is 0 Å². The number of allylic oxidation sites excluding steroid dienone is 3. The fourth-order valence-corrected chi connectivity index (χ4v) is 5.88. The van der Waals surface area contributed by atoms with E-state index in [0.29, 0.717) is 11.3 Å². The third kappa shape index (κ3) is 10.9. The third-order valence-electron chi connectivity index (χ3n) is 9.71. The monoisotopic (exact) mass is 521 g/mol. The van der Waals surface area contributed by atoms with Crippen LogP contribution in [0.5, 0.6) is 0 Å². The zero-order valence-electron chi connectivity index (χ0n) is 27.6. The van der Waals surface area contributed by atoms with E-state index in [4.69, 9.17) is 0 Å². The fraction of sp³-hybridized carbons (Fsp3) is 0.684. The summed E-state index contributed by atoms with van der Waals surface area (Å²) < 4.78 is 0. The number of benzene rings is 1. The predicted molar refractivity (Wildman–Crippen MR) is 174 cm³/mol. The van der Waals surface area contributed by atoms with Crippen molar-refractivity contribution in [3.8, 4) is 0 Å². The van der Waals surface area contributed by atoms with Gasteiger partial charge in [-0.15, -0.1) is 0 Å². The van der Waals surface area contributed by atoms with Gasteiger partial charge in [0.1, 0.15) is 0 Å². The molecule has 0 heterocycles. The van der Waals surface area contributed by atoms with E-state index in [9.17, 15) is 0 Å². The lowest BCUT2D eigenvalue weighted by Crippen LogP contribution is -2.12. The van der Waals surface area contributed by atoms with Gasteiger partial charge in [-0.05, 0) is 142 Å². The van der Waals surface area contributed by atoms with Crippen LogP contribution in [0.15, 0.2) is 36.5 Å². The van der Waals surface area contributed by atoms with Crippen molar-refractivity contribution in [3.05, 3.63) is 69.8 Å². The molecule has 0 N–H and O–H groups in total. The summed E-state index contributed by atoms with van der Waals surface area (Å²) in [5.74, 6) is 2.09. The Morgan fingerprint density at radius 1 is 0.737 bits per heavy atom. The lowest BCUT2D eigenvalue weighted by molar-refractivity contribution is 0.318. The summed E-state index contributed by atoms with van der Waals surface area (Å²) >= 11 is 0. The first-order chi connectivity index (χ1) is 17.6. The molecule has 216 valence electrons. The van der Waals surface area contributed by atoms with Gasteiger partial charge in [0.15, 0.2) is 0 Å². The number of rotatable bonds is 18. The fourth-order valence-electron chi connectivity index (χ4n) is 5.88. The third-order valence-corrected chi connectivity index (χ3v) is 9.71. The van der Waals surface area contributed by atoms with Crippen molar-refractivity contribution < 1.29 is 0 Å². The molecule has 1 rings (SSSR count). The Balaban J connectivity index is 2.85. The molecule has 0 heteroatoms. The lowest BCUT2D eigenvalue weighted by atomic mass is 9.80. The van der Waals surface area contributed by atoms with Crippen LogP contribution in [0.4, 0.5) is 0 Å². The maximum Gasteiger partial charge on any atom is -0.00642 e. The van der Waals surface area contributed by atoms with Gasteiger partial charge >= 0.3 is 0 Å². The molecular formula is C38H64. The highest BCUT2D eigenvalue weighted by Crippen LogP contribution is 2.34. The van der Waals surface area contributed by atoms with Gasteiger partial charge in [0.25, 0.3) is 0 Å². The SMILES string of the molecule is C=C(CCC(=C)CC(C)(C)CCCC)Cc1c(C)c(C)c(C)c(CCC(C)C(=C)CCC(C)C(C)C)c1C. The predicted octanol–water partition coefficient (Wildman–Crippen LogP) is 12.2. The summed E-state index contributed by atoms with van der Waals surface area (Å²) in [6, 6.07) is 0. The van der Waals surface area contributed by atoms with Crippen molar-refractivity contribution in [2.75, 3.05) is 0 Å². The average molecular weight is 521 g/mol. The van der Waals surface area contributed by atoms with Crippen LogP contribution < -0.4 is 0 Å². The Labute approximate surface area is 239 Å². The van der Waals surface area contributed by atoms with Gasteiger partial charge in [-0.1, -0.05) is 97.8 Å². The maximum absolute atomic E-state index is 4.52. The molecule has 0 aliphatic heterocycles. The van der Waals surface area contributed by atoms with Gasteiger partial charge in [0.2, 0.25) is 0 Å². The molecule has 0 radical (unpaired) electrons. The minimum absolute atomic E-state index is 0.361. The zero-order chi connectivity index (χ0) is 29.2. The van der Waals surface area contributed by atoms with Gasteiger partial charge in [-0.25, -0.2) is 0 Å². The normalized spacial score (nSPS) is 13.6. The lowest BCUT2D eigenvalue weighted by Gasteiger charge is -2.26. The summed E-state index contributed by atoms with van der Waals surface area (Å²) in [7, 11) is 0. The molecule has 0 nitrogen and oxygen atoms in total. The van der Waals surface area contributed by atoms with E-state index >= 15 is 0 Å². The summed E-state index contributed by atoms with van der Waals surface area (Å²) in [6.45, 7) is 39.3. The highest BCUT2D eigenvalue weighted by molar-refractivity contribution is 5.51. The van der Waals surface area contributed by atoms with Gasteiger partial charge in [0, 0.05) is 0 Å². The second-order valence-electron chi connectivity index (χ2n) is 13.9. The molecule has 2 atom stereocenters. The van der Waals surface area contributed by atoms with Crippen molar-refractivity contribution in [1.82, 2.24) is 0 Å². The summed E-state index contributed by atoms with van der Waals surface area (Å²) in [6.07, 6.45) is 12.9. The first kappa shape index (κ1) is 34.5. The Morgan fingerprint density at radius 3 is 1.89 bits per heavy atom. The molecule has 1 aromatic rings. The van der Waals surface area contributed by atoms with E-state index in [1.807, 2.05) is 0 Å². The van der Waals surface area contributed by atoms with Crippen LogP contribution in [0.1, 0.15) is 140 Å². The molecule has 1 aromatic carbocycles. The van der Waals surface area contributed by atoms with E-state index in [0.717, 1.165) is 50.4 Å². The van der Waals surface area contributed by atoms with E-state index in [-0.39, 0.29) is 0 Å². The zero-order valence-corrected chi connectivity index (χ0v) is 27.6. The van der Waals surface area contributed by atoms with E-state index in [2.05, 4.69) is 95.9 Å². The molecule has 0 aromatic heterocycles. The van der Waals surface area contributed by atoms with E-state index in [1.54, 1.807) is 5.56 Å². The number of hydrogen-bond acceptors (Lipinski definition) is 0. The quantitative estimate of drug-likeness (QED) is 0.169. The van der Waals surface area contributed by atoms with Gasteiger partial charge < -0.3 is 0 Å². The van der Waals surface area contributed by atoms with Crippen LogP contribution in [0.2, 0.25) is 0 Å². The average Bonchev–Trinajstić information content (AvgIpc) is 2.85. The molecule has 0 fully saturated rings. The van der Waals surface area contributed by atoms with Crippen LogP contribution >= 0.6 is 0 Å². The first-order valence-corrected chi connectivity index (χ1v) is 15.7. The Morgan fingerprint density at radius 2 is 1.32 bits per heavy atom. The molecule has 0 saturated carbocycles. The van der Waals surface area contributed by atoms with Crippen LogP contribution in [0.3, 0.4) is 0 Å². The van der Waals surface area contributed by atoms with Crippen LogP contribution in [0.25, 0.3) is 0 Å². The standard InChI is InChI=1S/C38H64/c1-15-16-23-38(13,14)25-28(5)18-17-27(4)24-37-34(11)32(9)33(10)36(35(37)12)22-21-31(8)30(7)20-19-29(6)26(2)3/h26,29,31H,4-5,7,15-25H2,1-3,6,8-14H3. The van der Waals surface area contributed by atoms with Gasteiger partial charge in [-0.3, -0.25) is 0 Å². The van der Waals surface area contributed by atoms with Crippen LogP contribution in [0, 0.1) is 50.9 Å². The smallest absolute Gasteiger partial charge is 0.00642 e. The van der Waals surface area contributed by atoms with Crippen LogP contribution in [-0.2, 0) is 12.8 Å². The van der Waals surface area contributed by atoms with Crippen molar-refractivity contribution >= 4 is 0 Å². The molecule has 0 saturated heterocycles. The highest BCUT2D eigenvalue weighted by Gasteiger charge is 2.20. The topological polar surface area (TPSA) is 0 Å². The molecule has 2 unspecified atom stereocenters. The number of hydrogen-bond donors (Lipinski definition) is 0. The second kappa shape index (κ2) is 15.9. The molecule has 0 aliphatic carbocycles. The van der Waals surface area contributed by atoms with Crippen molar-refractivity contribution in [2.24, 2.45) is 23.2 Å². The van der Waals surface area contributed by atoms with E-state index in [1.165, 1.54) is 76.6 Å². The summed E-state index contributed by atoms with van der Waals surface area (Å²) in [5.41, 5.74) is 13.5. The summed E-state index contributed by atoms with van der Waals surface area (Å²) in [4.78, 5) is 0. The summed E-state index contributed by atoms with van der Waals surface area (Å²) in [5, 5.41) is 0. The Kier molecular flexibility index (Phi) is 14.4. The molecule has 0 aliphatic rings. The van der Waals surface area contributed by atoms with Crippen molar-refractivity contribution in [2.45, 2.75) is 147 Å². The highest BCUT2D eigenvalue weighted by atomic mass is 14.3. The molecule has 0 amide bonds. The molecule has 0 bridgehead atoms. The largest absolute Gasteiger partial charge is 0.0998 e. The number of unbranched alkanes of at least 4 members (excludes halogenated alkanes) is 1. The van der Waals surface area contributed by atoms with Crippen molar-refractivity contribution in [1.29, 1.82) is 0 Å². The Hall–Kier alpha value is -1.56. The van der Waals surface area contributed by atoms with E-state index < -0.39 is 0 Å². The first-order valence-electron chi connectivity index (χ1n) is 15.7. The minimum Gasteiger partial charge on any atom is -0.0998 e. The second-order valence-corrected chi connectivity index (χ2v) is 13.9. The van der Waals surface area contributed by atoms with Crippen molar-refractivity contribution in [3.63, 3.8) is 0 Å². The Bertz CT molecular complexity index is 936. The minimum atomic E-state index is 0.361. The molecular weight excluding hydrogens is 456 g/mol. The maximum atomic E-state index is 4.52. The van der Waals surface area contributed by atoms with Gasteiger partial charge in [-0.2, -0.15) is 0 Å². The molecule has 38 heavy (non-hydrogen) atoms. The molecule has 0 spiro atoms.